The Bertz CT molecular complexity index is 1230. The molecule has 0 aromatic carbocycles. The van der Waals surface area contributed by atoms with Gasteiger partial charge >= 0.3 is 0 Å². The molecule has 0 unspecified atom stereocenters. The molecule has 0 spiro atoms. The number of aryl methyl sites for hydroxylation is 1. The van der Waals surface area contributed by atoms with Gasteiger partial charge in [0.15, 0.2) is 5.65 Å². The molecule has 1 aliphatic rings. The van der Waals surface area contributed by atoms with Crippen molar-refractivity contribution < 1.29 is 9.29 Å². The molecule has 4 aromatic rings. The van der Waals surface area contributed by atoms with Crippen LogP contribution >= 0.6 is 11.3 Å². The number of hydrogen-bond acceptors (Lipinski definition) is 7. The first-order valence-corrected chi connectivity index (χ1v) is 12.1. The minimum atomic E-state index is -1.20. The van der Waals surface area contributed by atoms with E-state index in [1.165, 1.54) is 23.3 Å². The van der Waals surface area contributed by atoms with Gasteiger partial charge in [-0.3, -0.25) is 0 Å². The molecule has 0 saturated heterocycles. The van der Waals surface area contributed by atoms with Crippen LogP contribution in [0.3, 0.4) is 0 Å². The number of methoxy groups -OCH3 is 1. The number of pyridine rings is 2. The topological polar surface area (TPSA) is 102 Å². The maximum atomic E-state index is 12.8. The molecule has 30 heavy (non-hydrogen) atoms. The molecule has 1 fully saturated rings. The summed E-state index contributed by atoms with van der Waals surface area (Å²) in [6.07, 6.45) is 7.12. The molecule has 0 amide bonds. The summed E-state index contributed by atoms with van der Waals surface area (Å²) in [7, 11) is 3.54. The summed E-state index contributed by atoms with van der Waals surface area (Å²) >= 11 is 0.237. The van der Waals surface area contributed by atoms with Crippen molar-refractivity contribution >= 4 is 49.6 Å². The lowest BCUT2D eigenvalue weighted by Gasteiger charge is -2.27. The minimum Gasteiger partial charge on any atom is -0.611 e. The fourth-order valence-electron chi connectivity index (χ4n) is 3.90. The van der Waals surface area contributed by atoms with Gasteiger partial charge in [0.2, 0.25) is 4.21 Å². The van der Waals surface area contributed by atoms with Crippen molar-refractivity contribution in [3.63, 3.8) is 0 Å². The van der Waals surface area contributed by atoms with Crippen molar-refractivity contribution in [3.8, 4) is 11.3 Å². The number of nitrogen functional groups attached to an aromatic ring is 1. The molecule has 0 radical (unpaired) electrons. The van der Waals surface area contributed by atoms with Crippen molar-refractivity contribution in [2.24, 2.45) is 7.05 Å². The Hall–Kier alpha value is -2.20. The van der Waals surface area contributed by atoms with E-state index in [0.717, 1.165) is 45.5 Å². The number of rotatable bonds is 6. The summed E-state index contributed by atoms with van der Waals surface area (Å²) < 4.78 is 20.5. The number of fused-ring (bicyclic) bond motifs is 2. The molecule has 1 atom stereocenters. The molecule has 0 aliphatic heterocycles. The van der Waals surface area contributed by atoms with Gasteiger partial charge in [0.25, 0.3) is 0 Å². The second-order valence-corrected chi connectivity index (χ2v) is 10.4. The summed E-state index contributed by atoms with van der Waals surface area (Å²) in [6.45, 7) is 0.435. The maximum absolute atomic E-state index is 12.8. The number of anilines is 1. The van der Waals surface area contributed by atoms with Crippen LogP contribution < -0.4 is 5.73 Å². The van der Waals surface area contributed by atoms with Crippen LogP contribution in [0, 0.1) is 0 Å². The van der Waals surface area contributed by atoms with Gasteiger partial charge in [0, 0.05) is 42.5 Å². The second kappa shape index (κ2) is 7.81. The van der Waals surface area contributed by atoms with Gasteiger partial charge in [-0.15, -0.1) is 0 Å². The number of imidazole rings is 1. The Morgan fingerprint density at radius 1 is 1.33 bits per heavy atom. The fraction of sp³-hybridized carbons (Fsp3) is 0.381. The lowest BCUT2D eigenvalue weighted by atomic mass is 9.79. The van der Waals surface area contributed by atoms with Gasteiger partial charge < -0.3 is 19.6 Å². The highest BCUT2D eigenvalue weighted by Gasteiger charge is 2.29. The Morgan fingerprint density at radius 2 is 2.17 bits per heavy atom. The van der Waals surface area contributed by atoms with Crippen molar-refractivity contribution in [1.82, 2.24) is 19.5 Å². The Kier molecular flexibility index (Phi) is 5.14. The lowest BCUT2D eigenvalue weighted by molar-refractivity contribution is 0.217. The van der Waals surface area contributed by atoms with Crippen molar-refractivity contribution in [2.45, 2.75) is 29.4 Å². The minimum absolute atomic E-state index is 0.430. The smallest absolute Gasteiger partial charge is 0.232 e. The lowest BCUT2D eigenvalue weighted by Crippen LogP contribution is -2.12. The van der Waals surface area contributed by atoms with Gasteiger partial charge in [0.05, 0.1) is 18.6 Å². The van der Waals surface area contributed by atoms with E-state index in [0.29, 0.717) is 28.2 Å². The van der Waals surface area contributed by atoms with Crippen LogP contribution in [-0.2, 0) is 23.0 Å². The first-order chi connectivity index (χ1) is 14.6. The second-order valence-electron chi connectivity index (χ2n) is 7.67. The summed E-state index contributed by atoms with van der Waals surface area (Å²) in [6, 6.07) is 4.17. The molecule has 7 nitrogen and oxygen atoms in total. The number of nitrogens with two attached hydrogens (primary N) is 1. The van der Waals surface area contributed by atoms with Crippen LogP contribution in [0.25, 0.3) is 32.6 Å². The van der Waals surface area contributed by atoms with Crippen molar-refractivity contribution in [2.75, 3.05) is 25.2 Å². The van der Waals surface area contributed by atoms with Gasteiger partial charge in [-0.1, -0.05) is 17.8 Å². The third-order valence-electron chi connectivity index (χ3n) is 5.77. The highest BCUT2D eigenvalue weighted by Crippen LogP contribution is 2.46. The monoisotopic (exact) mass is 441 g/mol. The summed E-state index contributed by atoms with van der Waals surface area (Å²) in [5.74, 6) is 0.900. The molecule has 9 heteroatoms. The van der Waals surface area contributed by atoms with Crippen LogP contribution in [0.2, 0.25) is 0 Å². The Morgan fingerprint density at radius 3 is 2.90 bits per heavy atom. The molecular weight excluding hydrogens is 418 g/mol. The average Bonchev–Trinajstić information content (AvgIpc) is 3.24. The molecule has 5 rings (SSSR count). The van der Waals surface area contributed by atoms with Gasteiger partial charge in [-0.2, -0.15) is 0 Å². The molecule has 4 aromatic heterocycles. The van der Waals surface area contributed by atoms with E-state index in [2.05, 4.69) is 16.0 Å². The summed E-state index contributed by atoms with van der Waals surface area (Å²) in [5, 5.41) is 0.973. The number of hydrogen-bond donors (Lipinski definition) is 1. The highest BCUT2D eigenvalue weighted by molar-refractivity contribution is 7.93. The van der Waals surface area contributed by atoms with Crippen molar-refractivity contribution in [3.05, 3.63) is 30.2 Å². The fourth-order valence-corrected chi connectivity index (χ4v) is 6.47. The quantitative estimate of drug-likeness (QED) is 0.456. The summed E-state index contributed by atoms with van der Waals surface area (Å²) in [5.41, 5.74) is 11.8. The molecule has 2 N–H and O–H groups in total. The van der Waals surface area contributed by atoms with Crippen LogP contribution in [0.15, 0.2) is 28.9 Å². The number of nitrogens with zero attached hydrogens (tertiary/aromatic N) is 4. The van der Waals surface area contributed by atoms with Gasteiger partial charge in [0.1, 0.15) is 21.8 Å². The van der Waals surface area contributed by atoms with E-state index in [-0.39, 0.29) is 0 Å². The van der Waals surface area contributed by atoms with E-state index >= 15 is 0 Å². The van der Waals surface area contributed by atoms with E-state index in [1.54, 1.807) is 13.4 Å². The Balaban J connectivity index is 1.65. The van der Waals surface area contributed by atoms with Gasteiger partial charge in [-0.05, 0) is 36.5 Å². The largest absolute Gasteiger partial charge is 0.611 e. The number of aromatic nitrogens is 4. The number of ether oxygens (including phenoxy) is 1. The van der Waals surface area contributed by atoms with E-state index < -0.39 is 11.2 Å². The number of thiophene rings is 1. The van der Waals surface area contributed by atoms with Crippen LogP contribution in [0.5, 0.6) is 0 Å². The predicted octanol–water partition coefficient (Wildman–Crippen LogP) is 3.85. The molecule has 156 valence electrons. The zero-order valence-electron chi connectivity index (χ0n) is 16.9. The Labute approximate surface area is 181 Å². The van der Waals surface area contributed by atoms with Crippen molar-refractivity contribution in [1.29, 1.82) is 0 Å². The molecular formula is C21H23N5O2S2. The molecule has 0 bridgehead atoms. The van der Waals surface area contributed by atoms with E-state index in [1.807, 2.05) is 23.9 Å². The first kappa shape index (κ1) is 19.7. The normalized spacial score (nSPS) is 15.7. The predicted molar refractivity (Wildman–Crippen MR) is 121 cm³/mol. The molecule has 4 heterocycles. The standard InChI is InChI=1S/C21H23N5O2S2/c1-26-11-24-16-8-13(10-23-19(16)26)15-9-14(12-4-3-5-12)17-18(22)21(29-20(17)25-15)30(27)7-6-28-2/h8-12H,3-7,22H2,1-2H3/t30-/m0/s1. The molecule has 1 aliphatic carbocycles. The first-order valence-electron chi connectivity index (χ1n) is 9.94. The van der Waals surface area contributed by atoms with Crippen LogP contribution in [0.1, 0.15) is 30.7 Å². The van der Waals surface area contributed by atoms with E-state index in [9.17, 15) is 4.55 Å². The molecule has 1 saturated carbocycles. The highest BCUT2D eigenvalue weighted by atomic mass is 32.2. The zero-order chi connectivity index (χ0) is 20.8. The van der Waals surface area contributed by atoms with Crippen LogP contribution in [-0.4, -0.2) is 43.5 Å². The third kappa shape index (κ3) is 3.26. The van der Waals surface area contributed by atoms with Gasteiger partial charge in [-0.25, -0.2) is 15.0 Å². The average molecular weight is 442 g/mol. The summed E-state index contributed by atoms with van der Waals surface area (Å²) in [4.78, 5) is 14.7. The van der Waals surface area contributed by atoms with E-state index in [4.69, 9.17) is 15.5 Å². The zero-order valence-corrected chi connectivity index (χ0v) is 18.6. The SMILES string of the molecule is COCC[S@+]([O-])c1sc2nc(-c3cnc4c(c3)ncn4C)cc(C3CCC3)c2c1N. The maximum Gasteiger partial charge on any atom is 0.232 e. The third-order valence-corrected chi connectivity index (χ3v) is 8.64. The van der Waals surface area contributed by atoms with Crippen LogP contribution in [0.4, 0.5) is 5.69 Å².